The summed E-state index contributed by atoms with van der Waals surface area (Å²) in [6.07, 6.45) is 2.50. The molecule has 16 heavy (non-hydrogen) atoms. The maximum Gasteiger partial charge on any atom is 0.161 e. The summed E-state index contributed by atoms with van der Waals surface area (Å²) in [4.78, 5) is 0. The standard InChI is InChI=1S/C13H16O3/c1-5-8-16-10(2)11-6-7-12(14-3)13(9-11)15-4/h6-7,9-10H,1-4H3. The van der Waals surface area contributed by atoms with Gasteiger partial charge < -0.3 is 14.2 Å². The predicted molar refractivity (Wildman–Crippen MR) is 62.5 cm³/mol. The molecule has 0 aliphatic carbocycles. The van der Waals surface area contributed by atoms with Gasteiger partial charge >= 0.3 is 0 Å². The van der Waals surface area contributed by atoms with E-state index >= 15 is 0 Å². The predicted octanol–water partition coefficient (Wildman–Crippen LogP) is 2.76. The molecule has 0 aromatic heterocycles. The van der Waals surface area contributed by atoms with Gasteiger partial charge in [0.1, 0.15) is 12.2 Å². The molecule has 0 N–H and O–H groups in total. The van der Waals surface area contributed by atoms with Gasteiger partial charge in [0.2, 0.25) is 0 Å². The third kappa shape index (κ3) is 2.83. The minimum Gasteiger partial charge on any atom is -0.493 e. The van der Waals surface area contributed by atoms with Crippen LogP contribution in [0.3, 0.4) is 0 Å². The number of ether oxygens (including phenoxy) is 3. The van der Waals surface area contributed by atoms with E-state index in [0.29, 0.717) is 11.5 Å². The zero-order valence-corrected chi connectivity index (χ0v) is 10.0. The summed E-state index contributed by atoms with van der Waals surface area (Å²) in [6.45, 7) is 3.67. The largest absolute Gasteiger partial charge is 0.493 e. The number of hydrogen-bond acceptors (Lipinski definition) is 3. The van der Waals surface area contributed by atoms with E-state index < -0.39 is 0 Å². The average molecular weight is 220 g/mol. The Morgan fingerprint density at radius 2 is 1.81 bits per heavy atom. The van der Waals surface area contributed by atoms with E-state index in [0.717, 1.165) is 5.56 Å². The summed E-state index contributed by atoms with van der Waals surface area (Å²) in [6, 6.07) is 5.68. The molecule has 0 saturated carbocycles. The molecule has 3 nitrogen and oxygen atoms in total. The lowest BCUT2D eigenvalue weighted by Gasteiger charge is -2.13. The quantitative estimate of drug-likeness (QED) is 0.730. The van der Waals surface area contributed by atoms with Crippen LogP contribution in [-0.4, -0.2) is 14.2 Å². The van der Waals surface area contributed by atoms with E-state index in [1.807, 2.05) is 25.1 Å². The fourth-order valence-corrected chi connectivity index (χ4v) is 1.32. The first-order chi connectivity index (χ1) is 7.72. The molecule has 0 fully saturated rings. The van der Waals surface area contributed by atoms with Crippen molar-refractivity contribution in [1.29, 1.82) is 0 Å². The molecule has 0 heterocycles. The lowest BCUT2D eigenvalue weighted by Crippen LogP contribution is -1.97. The zero-order valence-electron chi connectivity index (χ0n) is 10.0. The monoisotopic (exact) mass is 220 g/mol. The summed E-state index contributed by atoms with van der Waals surface area (Å²) in [5.41, 5.74) is 1.00. The normalized spacial score (nSPS) is 11.0. The minimum absolute atomic E-state index is 0.0905. The Kier molecular flexibility index (Phi) is 4.53. The van der Waals surface area contributed by atoms with Crippen molar-refractivity contribution >= 4 is 0 Å². The Morgan fingerprint density at radius 1 is 1.12 bits per heavy atom. The molecule has 86 valence electrons. The lowest BCUT2D eigenvalue weighted by molar-refractivity contribution is 0.188. The maximum atomic E-state index is 5.29. The molecule has 1 aromatic rings. The number of hydrogen-bond donors (Lipinski definition) is 0. The summed E-state index contributed by atoms with van der Waals surface area (Å²) in [5, 5.41) is 0. The van der Waals surface area contributed by atoms with Gasteiger partial charge in [0.15, 0.2) is 11.5 Å². The Labute approximate surface area is 96.3 Å². The van der Waals surface area contributed by atoms with E-state index in [9.17, 15) is 0 Å². The van der Waals surface area contributed by atoms with Gasteiger partial charge in [0.05, 0.1) is 14.2 Å². The fraction of sp³-hybridized carbons (Fsp3) is 0.385. The number of benzene rings is 1. The van der Waals surface area contributed by atoms with Crippen molar-refractivity contribution in [2.45, 2.75) is 20.0 Å². The molecule has 1 rings (SSSR count). The third-order valence-electron chi connectivity index (χ3n) is 2.21. The van der Waals surface area contributed by atoms with Gasteiger partial charge in [-0.1, -0.05) is 12.0 Å². The summed E-state index contributed by atoms with van der Waals surface area (Å²) >= 11 is 0. The number of rotatable bonds is 4. The van der Waals surface area contributed by atoms with Crippen molar-refractivity contribution in [1.82, 2.24) is 0 Å². The lowest BCUT2D eigenvalue weighted by atomic mass is 10.1. The van der Waals surface area contributed by atoms with Crippen LogP contribution in [0.5, 0.6) is 11.5 Å². The molecule has 0 bridgehead atoms. The average Bonchev–Trinajstić information content (AvgIpc) is 2.34. The Hall–Kier alpha value is -1.82. The van der Waals surface area contributed by atoms with Gasteiger partial charge in [-0.3, -0.25) is 0 Å². The highest BCUT2D eigenvalue weighted by molar-refractivity contribution is 5.43. The van der Waals surface area contributed by atoms with Crippen LogP contribution in [0.15, 0.2) is 18.2 Å². The molecule has 0 radical (unpaired) electrons. The van der Waals surface area contributed by atoms with Crippen molar-refractivity contribution < 1.29 is 14.2 Å². The molecule has 1 atom stereocenters. The second kappa shape index (κ2) is 5.92. The molecule has 1 aromatic carbocycles. The van der Waals surface area contributed by atoms with Gasteiger partial charge in [0, 0.05) is 6.92 Å². The number of methoxy groups -OCH3 is 2. The van der Waals surface area contributed by atoms with Crippen LogP contribution in [0.2, 0.25) is 0 Å². The summed E-state index contributed by atoms with van der Waals surface area (Å²) in [5.74, 6) is 4.09. The van der Waals surface area contributed by atoms with Crippen LogP contribution in [0.4, 0.5) is 0 Å². The Bertz CT molecular complexity index is 401. The van der Waals surface area contributed by atoms with Gasteiger partial charge in [-0.15, -0.1) is 0 Å². The summed E-state index contributed by atoms with van der Waals surface area (Å²) in [7, 11) is 3.22. The van der Waals surface area contributed by atoms with Crippen molar-refractivity contribution in [3.05, 3.63) is 23.8 Å². The smallest absolute Gasteiger partial charge is 0.161 e. The van der Waals surface area contributed by atoms with E-state index in [2.05, 4.69) is 12.0 Å². The zero-order chi connectivity index (χ0) is 12.0. The van der Waals surface area contributed by atoms with Crippen LogP contribution in [0, 0.1) is 12.0 Å². The SMILES string of the molecule is CC#COC(C)c1ccc(OC)c(OC)c1. The van der Waals surface area contributed by atoms with Crippen LogP contribution >= 0.6 is 0 Å². The third-order valence-corrected chi connectivity index (χ3v) is 2.21. The van der Waals surface area contributed by atoms with E-state index in [-0.39, 0.29) is 6.10 Å². The van der Waals surface area contributed by atoms with Gasteiger partial charge in [-0.2, -0.15) is 0 Å². The second-order valence-corrected chi connectivity index (χ2v) is 3.23. The van der Waals surface area contributed by atoms with E-state index in [1.165, 1.54) is 0 Å². The van der Waals surface area contributed by atoms with Crippen molar-refractivity contribution in [2.75, 3.05) is 14.2 Å². The minimum atomic E-state index is -0.0905. The van der Waals surface area contributed by atoms with Crippen LogP contribution in [0.25, 0.3) is 0 Å². The van der Waals surface area contributed by atoms with Crippen LogP contribution in [-0.2, 0) is 4.74 Å². The molecule has 0 aliphatic rings. The molecule has 0 saturated heterocycles. The first-order valence-electron chi connectivity index (χ1n) is 5.02. The highest BCUT2D eigenvalue weighted by Crippen LogP contribution is 2.30. The Balaban J connectivity index is 2.92. The topological polar surface area (TPSA) is 27.7 Å². The van der Waals surface area contributed by atoms with Crippen LogP contribution in [0.1, 0.15) is 25.5 Å². The molecular formula is C13H16O3. The highest BCUT2D eigenvalue weighted by Gasteiger charge is 2.10. The van der Waals surface area contributed by atoms with E-state index in [1.54, 1.807) is 21.1 Å². The fourth-order valence-electron chi connectivity index (χ4n) is 1.32. The highest BCUT2D eigenvalue weighted by atomic mass is 16.5. The molecule has 1 unspecified atom stereocenters. The van der Waals surface area contributed by atoms with Crippen LogP contribution < -0.4 is 9.47 Å². The van der Waals surface area contributed by atoms with Gasteiger partial charge in [-0.05, 0) is 24.6 Å². The van der Waals surface area contributed by atoms with Crippen molar-refractivity contribution in [3.8, 4) is 23.5 Å². The molecular weight excluding hydrogens is 204 g/mol. The molecule has 0 spiro atoms. The van der Waals surface area contributed by atoms with E-state index in [4.69, 9.17) is 14.2 Å². The molecule has 0 amide bonds. The van der Waals surface area contributed by atoms with Crippen molar-refractivity contribution in [2.24, 2.45) is 0 Å². The van der Waals surface area contributed by atoms with Gasteiger partial charge in [0.25, 0.3) is 0 Å². The Morgan fingerprint density at radius 3 is 2.38 bits per heavy atom. The van der Waals surface area contributed by atoms with Gasteiger partial charge in [-0.25, -0.2) is 0 Å². The summed E-state index contributed by atoms with van der Waals surface area (Å²) < 4.78 is 15.7. The molecule has 0 aliphatic heterocycles. The maximum absolute atomic E-state index is 5.29. The van der Waals surface area contributed by atoms with Crippen molar-refractivity contribution in [3.63, 3.8) is 0 Å². The first kappa shape index (κ1) is 12.3. The molecule has 3 heteroatoms. The first-order valence-corrected chi connectivity index (χ1v) is 5.02. The second-order valence-electron chi connectivity index (χ2n) is 3.23.